The van der Waals surface area contributed by atoms with Gasteiger partial charge in [-0.2, -0.15) is 0 Å². The summed E-state index contributed by atoms with van der Waals surface area (Å²) in [4.78, 5) is 0. The first-order valence-electron chi connectivity index (χ1n) is 6.99. The van der Waals surface area contributed by atoms with E-state index in [1.807, 2.05) is 60.7 Å². The first-order chi connectivity index (χ1) is 10.1. The molecule has 0 N–H and O–H groups in total. The Morgan fingerprint density at radius 3 is 1.38 bits per heavy atom. The van der Waals surface area contributed by atoms with Crippen LogP contribution in [0.5, 0.6) is 0 Å². The minimum absolute atomic E-state index is 0.0961. The second kappa shape index (κ2) is 7.13. The zero-order chi connectivity index (χ0) is 15.1. The Hall–Kier alpha value is -2.01. The third-order valence-corrected chi connectivity index (χ3v) is 4.85. The van der Waals surface area contributed by atoms with Gasteiger partial charge in [0.05, 0.1) is 7.92 Å². The van der Waals surface area contributed by atoms with Crippen molar-refractivity contribution in [3.05, 3.63) is 71.8 Å². The largest absolute Gasteiger partial charge is 0.0622 e. The molecule has 0 spiro atoms. The smallest absolute Gasteiger partial charge is 0.0564 e. The summed E-state index contributed by atoms with van der Waals surface area (Å²) in [5, 5.41) is 0.0961. The summed E-state index contributed by atoms with van der Waals surface area (Å²) in [5.41, 5.74) is 8.88. The normalized spacial score (nSPS) is 10.3. The van der Waals surface area contributed by atoms with Gasteiger partial charge in [-0.05, 0) is 24.3 Å². The summed E-state index contributed by atoms with van der Waals surface area (Å²) in [6.45, 7) is 6.62. The van der Waals surface area contributed by atoms with Crippen molar-refractivity contribution in [2.45, 2.75) is 25.9 Å². The summed E-state index contributed by atoms with van der Waals surface area (Å²) < 4.78 is 0. The highest BCUT2D eigenvalue weighted by Gasteiger charge is 2.20. The van der Waals surface area contributed by atoms with Crippen molar-refractivity contribution in [1.82, 2.24) is 0 Å². The van der Waals surface area contributed by atoms with Crippen molar-refractivity contribution in [3.63, 3.8) is 0 Å². The fraction of sp³-hybridized carbons (Fsp3) is 0.200. The summed E-state index contributed by atoms with van der Waals surface area (Å²) in [6.07, 6.45) is 0. The molecule has 0 amide bonds. The Morgan fingerprint density at radius 1 is 0.667 bits per heavy atom. The van der Waals surface area contributed by atoms with Crippen LogP contribution in [0.3, 0.4) is 0 Å². The first-order valence-corrected chi connectivity index (χ1v) is 8.33. The maximum Gasteiger partial charge on any atom is 0.0564 e. The van der Waals surface area contributed by atoms with E-state index >= 15 is 0 Å². The molecule has 21 heavy (non-hydrogen) atoms. The molecule has 0 radical (unpaired) electrons. The molecule has 0 aliphatic carbocycles. The third-order valence-electron chi connectivity index (χ3n) is 2.84. The standard InChI is InChI=1S/C20H19P/c1-20(2,3)21(16-14-18-10-6-4-7-11-18)17-15-19-12-8-5-9-13-19/h4-13H,1-3H3. The summed E-state index contributed by atoms with van der Waals surface area (Å²) in [5.74, 6) is 6.53. The van der Waals surface area contributed by atoms with Gasteiger partial charge in [0.15, 0.2) is 0 Å². The topological polar surface area (TPSA) is 0 Å². The van der Waals surface area contributed by atoms with E-state index in [9.17, 15) is 0 Å². The van der Waals surface area contributed by atoms with Gasteiger partial charge < -0.3 is 0 Å². The minimum Gasteiger partial charge on any atom is -0.0622 e. The highest BCUT2D eigenvalue weighted by molar-refractivity contribution is 7.69. The van der Waals surface area contributed by atoms with Crippen LogP contribution in [0, 0.1) is 23.2 Å². The van der Waals surface area contributed by atoms with Crippen LogP contribution in [0.15, 0.2) is 60.7 Å². The second-order valence-corrected chi connectivity index (χ2v) is 8.17. The molecule has 0 aliphatic heterocycles. The molecule has 0 aromatic heterocycles. The molecule has 0 bridgehead atoms. The molecule has 0 heterocycles. The molecule has 0 saturated carbocycles. The van der Waals surface area contributed by atoms with Gasteiger partial charge in [-0.15, -0.1) is 0 Å². The lowest BCUT2D eigenvalue weighted by molar-refractivity contribution is 0.794. The summed E-state index contributed by atoms with van der Waals surface area (Å²) in [6, 6.07) is 20.2. The van der Waals surface area contributed by atoms with Crippen molar-refractivity contribution < 1.29 is 0 Å². The molecule has 2 rings (SSSR count). The van der Waals surface area contributed by atoms with E-state index in [0.717, 1.165) is 11.1 Å². The van der Waals surface area contributed by atoms with Crippen LogP contribution < -0.4 is 0 Å². The van der Waals surface area contributed by atoms with E-state index < -0.39 is 7.92 Å². The maximum atomic E-state index is 3.39. The number of hydrogen-bond donors (Lipinski definition) is 0. The van der Waals surface area contributed by atoms with Crippen molar-refractivity contribution in [3.8, 4) is 23.2 Å². The van der Waals surface area contributed by atoms with Gasteiger partial charge >= 0.3 is 0 Å². The van der Waals surface area contributed by atoms with Crippen LogP contribution in [0.25, 0.3) is 0 Å². The van der Waals surface area contributed by atoms with Gasteiger partial charge in [-0.3, -0.25) is 0 Å². The van der Waals surface area contributed by atoms with E-state index in [4.69, 9.17) is 0 Å². The Bertz CT molecular complexity index is 628. The van der Waals surface area contributed by atoms with Crippen molar-refractivity contribution in [1.29, 1.82) is 0 Å². The quantitative estimate of drug-likeness (QED) is 0.457. The lowest BCUT2D eigenvalue weighted by Crippen LogP contribution is -2.08. The van der Waals surface area contributed by atoms with Crippen LogP contribution in [0.4, 0.5) is 0 Å². The predicted octanol–water partition coefficient (Wildman–Crippen LogP) is 5.29. The summed E-state index contributed by atoms with van der Waals surface area (Å²) >= 11 is 0. The molecule has 0 aliphatic rings. The Labute approximate surface area is 129 Å². The fourth-order valence-corrected chi connectivity index (χ4v) is 2.86. The van der Waals surface area contributed by atoms with Gasteiger partial charge in [0.25, 0.3) is 0 Å². The molecule has 0 fully saturated rings. The van der Waals surface area contributed by atoms with E-state index in [0.29, 0.717) is 0 Å². The highest BCUT2D eigenvalue weighted by Crippen LogP contribution is 2.47. The molecule has 2 aromatic carbocycles. The number of hydrogen-bond acceptors (Lipinski definition) is 0. The molecule has 2 aromatic rings. The van der Waals surface area contributed by atoms with Gasteiger partial charge in [-0.25, -0.2) is 0 Å². The van der Waals surface area contributed by atoms with Gasteiger partial charge in [0.1, 0.15) is 0 Å². The molecular formula is C20H19P. The monoisotopic (exact) mass is 290 g/mol. The van der Waals surface area contributed by atoms with Crippen molar-refractivity contribution >= 4 is 7.92 Å². The molecule has 0 nitrogen and oxygen atoms in total. The van der Waals surface area contributed by atoms with Crippen LogP contribution in [0.1, 0.15) is 31.9 Å². The molecule has 0 unspecified atom stereocenters. The van der Waals surface area contributed by atoms with Crippen LogP contribution in [-0.2, 0) is 0 Å². The average Bonchev–Trinajstić information content (AvgIpc) is 2.48. The highest BCUT2D eigenvalue weighted by atomic mass is 31.1. The Morgan fingerprint density at radius 2 is 1.05 bits per heavy atom. The molecule has 0 saturated heterocycles. The minimum atomic E-state index is -0.671. The van der Waals surface area contributed by atoms with E-state index in [1.54, 1.807) is 0 Å². The van der Waals surface area contributed by atoms with Crippen LogP contribution >= 0.6 is 7.92 Å². The molecular weight excluding hydrogens is 271 g/mol. The zero-order valence-electron chi connectivity index (χ0n) is 12.7. The van der Waals surface area contributed by atoms with Crippen molar-refractivity contribution in [2.24, 2.45) is 0 Å². The van der Waals surface area contributed by atoms with Gasteiger partial charge in [0.2, 0.25) is 0 Å². The number of rotatable bonds is 0. The maximum absolute atomic E-state index is 3.39. The second-order valence-electron chi connectivity index (χ2n) is 5.71. The van der Waals surface area contributed by atoms with Crippen LogP contribution in [-0.4, -0.2) is 5.16 Å². The summed E-state index contributed by atoms with van der Waals surface area (Å²) in [7, 11) is -0.671. The molecule has 0 atom stereocenters. The van der Waals surface area contributed by atoms with Crippen LogP contribution in [0.2, 0.25) is 0 Å². The van der Waals surface area contributed by atoms with E-state index in [-0.39, 0.29) is 5.16 Å². The van der Waals surface area contributed by atoms with E-state index in [1.165, 1.54) is 0 Å². The Kier molecular flexibility index (Phi) is 5.22. The molecule has 1 heteroatoms. The fourth-order valence-electron chi connectivity index (χ4n) is 1.65. The average molecular weight is 290 g/mol. The van der Waals surface area contributed by atoms with Gasteiger partial charge in [-0.1, -0.05) is 80.3 Å². The zero-order valence-corrected chi connectivity index (χ0v) is 13.6. The predicted molar refractivity (Wildman–Crippen MR) is 93.3 cm³/mol. The van der Waals surface area contributed by atoms with Gasteiger partial charge in [0, 0.05) is 16.3 Å². The Balaban J connectivity index is 2.25. The lowest BCUT2D eigenvalue weighted by atomic mass is 10.2. The van der Waals surface area contributed by atoms with Crippen molar-refractivity contribution in [2.75, 3.05) is 0 Å². The first kappa shape index (κ1) is 15.4. The lowest BCUT2D eigenvalue weighted by Gasteiger charge is -2.21. The number of benzene rings is 2. The van der Waals surface area contributed by atoms with E-state index in [2.05, 4.69) is 43.9 Å². The molecule has 104 valence electrons. The third kappa shape index (κ3) is 5.11. The SMILES string of the molecule is CC(C)(C)P(C#Cc1ccccc1)C#Cc1ccccc1.